The van der Waals surface area contributed by atoms with Gasteiger partial charge in [0.2, 0.25) is 0 Å². The van der Waals surface area contributed by atoms with Crippen LogP contribution < -0.4 is 0 Å². The Morgan fingerprint density at radius 1 is 1.54 bits per heavy atom. The lowest BCUT2D eigenvalue weighted by Crippen LogP contribution is -2.10. The van der Waals surface area contributed by atoms with Crippen LogP contribution in [-0.4, -0.2) is 22.5 Å². The van der Waals surface area contributed by atoms with Crippen LogP contribution in [0.25, 0.3) is 0 Å². The van der Waals surface area contributed by atoms with Crippen LogP contribution >= 0.6 is 0 Å². The maximum absolute atomic E-state index is 5.43. The number of aryl methyl sites for hydroxylation is 1. The molecule has 0 unspecified atom stereocenters. The van der Waals surface area contributed by atoms with Crippen molar-refractivity contribution in [1.82, 2.24) is 9.78 Å². The van der Waals surface area contributed by atoms with E-state index in [-0.39, 0.29) is 0 Å². The molecular formula is C10H18N2O. The van der Waals surface area contributed by atoms with Gasteiger partial charge in [0.15, 0.2) is 0 Å². The van der Waals surface area contributed by atoms with Gasteiger partial charge in [0.25, 0.3) is 0 Å². The molecule has 0 fully saturated rings. The zero-order valence-electron chi connectivity index (χ0n) is 8.66. The minimum atomic E-state index is 0.307. The second-order valence-electron chi connectivity index (χ2n) is 3.38. The monoisotopic (exact) mass is 182 g/mol. The van der Waals surface area contributed by atoms with Gasteiger partial charge in [-0.1, -0.05) is 6.92 Å². The van der Waals surface area contributed by atoms with Gasteiger partial charge >= 0.3 is 0 Å². The van der Waals surface area contributed by atoms with Gasteiger partial charge in [-0.2, -0.15) is 5.10 Å². The molecule has 0 N–H and O–H groups in total. The predicted octanol–water partition coefficient (Wildman–Crippen LogP) is 1.87. The summed E-state index contributed by atoms with van der Waals surface area (Å²) in [6.45, 7) is 7.80. The first kappa shape index (κ1) is 10.3. The summed E-state index contributed by atoms with van der Waals surface area (Å²) in [5.41, 5.74) is 1.28. The summed E-state index contributed by atoms with van der Waals surface area (Å²) in [5.74, 6) is 0. The quantitative estimate of drug-likeness (QED) is 0.695. The van der Waals surface area contributed by atoms with Gasteiger partial charge < -0.3 is 4.74 Å². The van der Waals surface area contributed by atoms with Crippen molar-refractivity contribution in [2.45, 2.75) is 39.8 Å². The molecule has 1 aromatic rings. The van der Waals surface area contributed by atoms with Crippen molar-refractivity contribution >= 4 is 0 Å². The van der Waals surface area contributed by atoms with Gasteiger partial charge in [0, 0.05) is 6.20 Å². The Labute approximate surface area is 79.7 Å². The highest BCUT2D eigenvalue weighted by molar-refractivity contribution is 5.02. The van der Waals surface area contributed by atoms with Crippen LogP contribution in [-0.2, 0) is 17.7 Å². The number of ether oxygens (including phenoxy) is 1. The lowest BCUT2D eigenvalue weighted by molar-refractivity contribution is 0.0709. The Morgan fingerprint density at radius 3 is 2.85 bits per heavy atom. The van der Waals surface area contributed by atoms with Crippen LogP contribution in [0.1, 0.15) is 26.3 Å². The van der Waals surface area contributed by atoms with E-state index in [1.54, 1.807) is 0 Å². The fraction of sp³-hybridized carbons (Fsp3) is 0.700. The lowest BCUT2D eigenvalue weighted by Gasteiger charge is -2.06. The van der Waals surface area contributed by atoms with Gasteiger partial charge in [-0.15, -0.1) is 0 Å². The van der Waals surface area contributed by atoms with Crippen molar-refractivity contribution in [1.29, 1.82) is 0 Å². The molecule has 1 aromatic heterocycles. The van der Waals surface area contributed by atoms with E-state index in [0.29, 0.717) is 6.10 Å². The van der Waals surface area contributed by atoms with Crippen molar-refractivity contribution in [3.05, 3.63) is 18.0 Å². The highest BCUT2D eigenvalue weighted by atomic mass is 16.5. The van der Waals surface area contributed by atoms with Crippen LogP contribution in [0.4, 0.5) is 0 Å². The Balaban J connectivity index is 2.28. The lowest BCUT2D eigenvalue weighted by atomic mass is 10.3. The van der Waals surface area contributed by atoms with Crippen molar-refractivity contribution in [3.63, 3.8) is 0 Å². The molecule has 0 aliphatic carbocycles. The van der Waals surface area contributed by atoms with Gasteiger partial charge in [0.1, 0.15) is 0 Å². The molecule has 0 atom stereocenters. The second-order valence-corrected chi connectivity index (χ2v) is 3.38. The molecule has 3 heteroatoms. The number of hydrogen-bond donors (Lipinski definition) is 0. The minimum absolute atomic E-state index is 0.307. The van der Waals surface area contributed by atoms with Crippen LogP contribution in [0.2, 0.25) is 0 Å². The molecule has 13 heavy (non-hydrogen) atoms. The maximum atomic E-state index is 5.43. The molecule has 1 heterocycles. The molecule has 3 nitrogen and oxygen atoms in total. The van der Waals surface area contributed by atoms with E-state index in [0.717, 1.165) is 19.6 Å². The van der Waals surface area contributed by atoms with Crippen molar-refractivity contribution in [2.24, 2.45) is 0 Å². The standard InChI is InChI=1S/C10H18N2O/c1-4-10-7-11-12(8-10)5-6-13-9(2)3/h7-9H,4-6H2,1-3H3. The second kappa shape index (κ2) is 5.02. The van der Waals surface area contributed by atoms with Crippen LogP contribution in [0.15, 0.2) is 12.4 Å². The van der Waals surface area contributed by atoms with E-state index < -0.39 is 0 Å². The van der Waals surface area contributed by atoms with Crippen LogP contribution in [0.5, 0.6) is 0 Å². The molecule has 0 bridgehead atoms. The summed E-state index contributed by atoms with van der Waals surface area (Å²) in [5, 5.41) is 4.22. The smallest absolute Gasteiger partial charge is 0.0666 e. The van der Waals surface area contributed by atoms with E-state index in [4.69, 9.17) is 4.74 Å². The third kappa shape index (κ3) is 3.59. The fourth-order valence-corrected chi connectivity index (χ4v) is 1.09. The molecular weight excluding hydrogens is 164 g/mol. The first-order chi connectivity index (χ1) is 6.22. The molecule has 1 rings (SSSR count). The minimum Gasteiger partial charge on any atom is -0.377 e. The number of rotatable bonds is 5. The van der Waals surface area contributed by atoms with E-state index in [2.05, 4.69) is 18.2 Å². The summed E-state index contributed by atoms with van der Waals surface area (Å²) in [4.78, 5) is 0. The zero-order chi connectivity index (χ0) is 9.68. The summed E-state index contributed by atoms with van der Waals surface area (Å²) in [6.07, 6.45) is 5.34. The Hall–Kier alpha value is -0.830. The summed E-state index contributed by atoms with van der Waals surface area (Å²) < 4.78 is 7.36. The van der Waals surface area contributed by atoms with E-state index in [1.165, 1.54) is 5.56 Å². The van der Waals surface area contributed by atoms with Gasteiger partial charge in [-0.05, 0) is 25.8 Å². The van der Waals surface area contributed by atoms with Gasteiger partial charge in [-0.3, -0.25) is 4.68 Å². The first-order valence-electron chi connectivity index (χ1n) is 4.85. The average molecular weight is 182 g/mol. The molecule has 74 valence electrons. The van der Waals surface area contributed by atoms with Crippen LogP contribution in [0.3, 0.4) is 0 Å². The topological polar surface area (TPSA) is 27.1 Å². The summed E-state index contributed by atoms with van der Waals surface area (Å²) in [7, 11) is 0. The average Bonchev–Trinajstić information content (AvgIpc) is 2.52. The Morgan fingerprint density at radius 2 is 2.31 bits per heavy atom. The summed E-state index contributed by atoms with van der Waals surface area (Å²) >= 11 is 0. The van der Waals surface area contributed by atoms with E-state index in [9.17, 15) is 0 Å². The molecule has 0 saturated heterocycles. The zero-order valence-corrected chi connectivity index (χ0v) is 8.66. The van der Waals surface area contributed by atoms with Crippen molar-refractivity contribution in [3.8, 4) is 0 Å². The Kier molecular flexibility index (Phi) is 3.96. The Bertz CT molecular complexity index is 243. The molecule has 0 amide bonds. The normalized spacial score (nSPS) is 11.1. The van der Waals surface area contributed by atoms with Gasteiger partial charge in [0.05, 0.1) is 25.5 Å². The van der Waals surface area contributed by atoms with Crippen molar-refractivity contribution < 1.29 is 4.74 Å². The fourth-order valence-electron chi connectivity index (χ4n) is 1.09. The van der Waals surface area contributed by atoms with Crippen LogP contribution in [0, 0.1) is 0 Å². The largest absolute Gasteiger partial charge is 0.377 e. The van der Waals surface area contributed by atoms with E-state index in [1.807, 2.05) is 24.7 Å². The highest BCUT2D eigenvalue weighted by Crippen LogP contribution is 1.98. The summed E-state index contributed by atoms with van der Waals surface area (Å²) in [6, 6.07) is 0. The number of nitrogens with zero attached hydrogens (tertiary/aromatic N) is 2. The van der Waals surface area contributed by atoms with Crippen molar-refractivity contribution in [2.75, 3.05) is 6.61 Å². The third-order valence-corrected chi connectivity index (χ3v) is 1.87. The van der Waals surface area contributed by atoms with E-state index >= 15 is 0 Å². The third-order valence-electron chi connectivity index (χ3n) is 1.87. The molecule has 0 spiro atoms. The molecule has 0 aromatic carbocycles. The molecule has 0 aliphatic rings. The maximum Gasteiger partial charge on any atom is 0.0666 e. The van der Waals surface area contributed by atoms with Gasteiger partial charge in [-0.25, -0.2) is 0 Å². The number of aromatic nitrogens is 2. The first-order valence-corrected chi connectivity index (χ1v) is 4.85. The molecule has 0 saturated carbocycles. The molecule has 0 radical (unpaired) electrons. The number of hydrogen-bond acceptors (Lipinski definition) is 2. The highest BCUT2D eigenvalue weighted by Gasteiger charge is 1.97. The molecule has 0 aliphatic heterocycles. The SMILES string of the molecule is CCc1cnn(CCOC(C)C)c1. The predicted molar refractivity (Wildman–Crippen MR) is 52.7 cm³/mol.